The highest BCUT2D eigenvalue weighted by Gasteiger charge is 2.28. The minimum Gasteiger partial charge on any atom is -0.480 e. The number of para-hydroxylation sites is 1. The first-order valence-corrected chi connectivity index (χ1v) is 6.96. The Balaban J connectivity index is 2.64. The first kappa shape index (κ1) is 15.6. The van der Waals surface area contributed by atoms with E-state index in [-0.39, 0.29) is 11.7 Å². The Morgan fingerprint density at radius 2 is 1.79 bits per heavy atom. The van der Waals surface area contributed by atoms with Crippen molar-refractivity contribution < 1.29 is 14.7 Å². The van der Waals surface area contributed by atoms with Crippen molar-refractivity contribution in [3.8, 4) is 0 Å². The van der Waals surface area contributed by atoms with Crippen LogP contribution in [0.4, 0.5) is 5.69 Å². The number of carbonyl (C=O) groups is 2. The smallest absolute Gasteiger partial charge is 0.319 e. The van der Waals surface area contributed by atoms with Gasteiger partial charge in [-0.15, -0.1) is 11.8 Å². The zero-order chi connectivity index (χ0) is 14.6. The minimum absolute atomic E-state index is 0.118. The van der Waals surface area contributed by atoms with E-state index < -0.39 is 10.7 Å². The van der Waals surface area contributed by atoms with E-state index in [1.807, 2.05) is 32.0 Å². The average Bonchev–Trinajstić information content (AvgIpc) is 2.31. The highest BCUT2D eigenvalue weighted by atomic mass is 32.2. The molecule has 0 heterocycles. The molecule has 0 radical (unpaired) electrons. The van der Waals surface area contributed by atoms with Crippen molar-refractivity contribution in [3.05, 3.63) is 29.3 Å². The van der Waals surface area contributed by atoms with Gasteiger partial charge in [-0.05, 0) is 38.8 Å². The second-order valence-corrected chi connectivity index (χ2v) is 6.52. The molecule has 0 aliphatic carbocycles. The fourth-order valence-corrected chi connectivity index (χ4v) is 2.18. The summed E-state index contributed by atoms with van der Waals surface area (Å²) in [6.45, 7) is 7.03. The Labute approximate surface area is 117 Å². The number of aryl methyl sites for hydroxylation is 2. The number of carboxylic acid groups (broad SMARTS) is 1. The molecule has 1 amide bonds. The molecule has 0 fully saturated rings. The lowest BCUT2D eigenvalue weighted by Crippen LogP contribution is -2.29. The molecule has 104 valence electrons. The quantitative estimate of drug-likeness (QED) is 0.871. The average molecular weight is 281 g/mol. The standard InChI is InChI=1S/C14H19NO3S/c1-9-6-5-7-10(2)12(9)15-11(16)8-19-14(3,4)13(17)18/h5-7H,8H2,1-4H3,(H,15,16)(H,17,18). The highest BCUT2D eigenvalue weighted by Crippen LogP contribution is 2.25. The number of carboxylic acids is 1. The van der Waals surface area contributed by atoms with Gasteiger partial charge in [0, 0.05) is 5.69 Å². The van der Waals surface area contributed by atoms with Crippen molar-refractivity contribution in [3.63, 3.8) is 0 Å². The molecule has 1 rings (SSSR count). The van der Waals surface area contributed by atoms with Gasteiger partial charge in [0.05, 0.1) is 5.75 Å². The van der Waals surface area contributed by atoms with E-state index in [9.17, 15) is 9.59 Å². The van der Waals surface area contributed by atoms with E-state index in [0.717, 1.165) is 28.6 Å². The van der Waals surface area contributed by atoms with Gasteiger partial charge >= 0.3 is 5.97 Å². The lowest BCUT2D eigenvalue weighted by molar-refractivity contribution is -0.138. The molecule has 1 aromatic carbocycles. The van der Waals surface area contributed by atoms with Crippen LogP contribution >= 0.6 is 11.8 Å². The molecule has 0 aliphatic rings. The zero-order valence-corrected chi connectivity index (χ0v) is 12.4. The number of amides is 1. The van der Waals surface area contributed by atoms with Crippen LogP contribution in [0, 0.1) is 13.8 Å². The molecule has 0 spiro atoms. The van der Waals surface area contributed by atoms with Gasteiger partial charge in [-0.3, -0.25) is 9.59 Å². The molecule has 0 unspecified atom stereocenters. The van der Waals surface area contributed by atoms with Gasteiger partial charge in [0.2, 0.25) is 5.91 Å². The van der Waals surface area contributed by atoms with Crippen LogP contribution in [0.1, 0.15) is 25.0 Å². The molecule has 0 bridgehead atoms. The van der Waals surface area contributed by atoms with Crippen LogP contribution in [0.15, 0.2) is 18.2 Å². The molecule has 5 heteroatoms. The van der Waals surface area contributed by atoms with E-state index in [1.54, 1.807) is 13.8 Å². The van der Waals surface area contributed by atoms with Gasteiger partial charge in [-0.2, -0.15) is 0 Å². The third-order valence-corrected chi connectivity index (χ3v) is 4.13. The summed E-state index contributed by atoms with van der Waals surface area (Å²) >= 11 is 1.11. The SMILES string of the molecule is Cc1cccc(C)c1NC(=O)CSC(C)(C)C(=O)O. The molecule has 0 aromatic heterocycles. The van der Waals surface area contributed by atoms with Crippen LogP contribution in [0.5, 0.6) is 0 Å². The fraction of sp³-hybridized carbons (Fsp3) is 0.429. The summed E-state index contributed by atoms with van der Waals surface area (Å²) in [7, 11) is 0. The van der Waals surface area contributed by atoms with Gasteiger partial charge in [0.1, 0.15) is 4.75 Å². The number of carbonyl (C=O) groups excluding carboxylic acids is 1. The Hall–Kier alpha value is -1.49. The molecule has 0 aliphatic heterocycles. The zero-order valence-electron chi connectivity index (χ0n) is 11.6. The number of benzene rings is 1. The van der Waals surface area contributed by atoms with Crippen LogP contribution in [0.2, 0.25) is 0 Å². The van der Waals surface area contributed by atoms with E-state index in [2.05, 4.69) is 5.32 Å². The van der Waals surface area contributed by atoms with Gasteiger partial charge in [-0.25, -0.2) is 0 Å². The van der Waals surface area contributed by atoms with Gasteiger partial charge in [-0.1, -0.05) is 18.2 Å². The second-order valence-electron chi connectivity index (χ2n) is 4.92. The molecule has 0 saturated heterocycles. The van der Waals surface area contributed by atoms with Crippen molar-refractivity contribution in [2.24, 2.45) is 0 Å². The molecule has 19 heavy (non-hydrogen) atoms. The fourth-order valence-electron chi connectivity index (χ4n) is 1.49. The van der Waals surface area contributed by atoms with Crippen molar-refractivity contribution in [2.75, 3.05) is 11.1 Å². The summed E-state index contributed by atoms with van der Waals surface area (Å²) in [5, 5.41) is 11.8. The summed E-state index contributed by atoms with van der Waals surface area (Å²) in [6.07, 6.45) is 0. The number of rotatable bonds is 5. The normalized spacial score (nSPS) is 11.2. The summed E-state index contributed by atoms with van der Waals surface area (Å²) in [6, 6.07) is 5.79. The predicted octanol–water partition coefficient (Wildman–Crippen LogP) is 2.84. The van der Waals surface area contributed by atoms with Crippen LogP contribution in [0.3, 0.4) is 0 Å². The maximum Gasteiger partial charge on any atom is 0.319 e. The van der Waals surface area contributed by atoms with Crippen molar-refractivity contribution >= 4 is 29.3 Å². The van der Waals surface area contributed by atoms with E-state index >= 15 is 0 Å². The largest absolute Gasteiger partial charge is 0.480 e. The summed E-state index contributed by atoms with van der Waals surface area (Å²) in [5.74, 6) is -0.985. The molecule has 0 atom stereocenters. The molecular formula is C14H19NO3S. The minimum atomic E-state index is -0.960. The van der Waals surface area contributed by atoms with E-state index in [1.165, 1.54) is 0 Å². The van der Waals surface area contributed by atoms with Gasteiger partial charge < -0.3 is 10.4 Å². The Morgan fingerprint density at radius 3 is 2.26 bits per heavy atom. The summed E-state index contributed by atoms with van der Waals surface area (Å²) < 4.78 is -0.960. The van der Waals surface area contributed by atoms with Crippen LogP contribution in [-0.4, -0.2) is 27.5 Å². The number of aliphatic carboxylic acids is 1. The molecule has 0 saturated carbocycles. The van der Waals surface area contributed by atoms with E-state index in [0.29, 0.717) is 0 Å². The van der Waals surface area contributed by atoms with E-state index in [4.69, 9.17) is 5.11 Å². The first-order valence-electron chi connectivity index (χ1n) is 5.97. The van der Waals surface area contributed by atoms with Gasteiger partial charge in [0.25, 0.3) is 0 Å². The topological polar surface area (TPSA) is 66.4 Å². The van der Waals surface area contributed by atoms with Crippen molar-refractivity contribution in [1.82, 2.24) is 0 Å². The Bertz CT molecular complexity index is 477. The second kappa shape index (κ2) is 6.10. The van der Waals surface area contributed by atoms with Crippen molar-refractivity contribution in [2.45, 2.75) is 32.4 Å². The Morgan fingerprint density at radius 1 is 1.26 bits per heavy atom. The lowest BCUT2D eigenvalue weighted by atomic mass is 10.1. The highest BCUT2D eigenvalue weighted by molar-refractivity contribution is 8.02. The predicted molar refractivity (Wildman–Crippen MR) is 78.7 cm³/mol. The number of hydrogen-bond donors (Lipinski definition) is 2. The molecular weight excluding hydrogens is 262 g/mol. The third kappa shape index (κ3) is 4.28. The van der Waals surface area contributed by atoms with Crippen molar-refractivity contribution in [1.29, 1.82) is 0 Å². The number of anilines is 1. The molecule has 2 N–H and O–H groups in total. The van der Waals surface area contributed by atoms with Crippen LogP contribution in [-0.2, 0) is 9.59 Å². The monoisotopic (exact) mass is 281 g/mol. The Kier molecular flexibility index (Phi) is 5.00. The molecule has 1 aromatic rings. The third-order valence-electron chi connectivity index (χ3n) is 2.82. The maximum atomic E-state index is 11.9. The number of nitrogens with one attached hydrogen (secondary N) is 1. The number of hydrogen-bond acceptors (Lipinski definition) is 3. The van der Waals surface area contributed by atoms with Gasteiger partial charge in [0.15, 0.2) is 0 Å². The van der Waals surface area contributed by atoms with Crippen LogP contribution < -0.4 is 5.32 Å². The maximum absolute atomic E-state index is 11.9. The van der Waals surface area contributed by atoms with Crippen LogP contribution in [0.25, 0.3) is 0 Å². The summed E-state index contributed by atoms with van der Waals surface area (Å²) in [4.78, 5) is 22.8. The first-order chi connectivity index (χ1) is 8.74. The molecule has 4 nitrogen and oxygen atoms in total. The number of thioether (sulfide) groups is 1. The summed E-state index contributed by atoms with van der Waals surface area (Å²) in [5.41, 5.74) is 2.80. The lowest BCUT2D eigenvalue weighted by Gasteiger charge is -2.18.